The third-order valence-corrected chi connectivity index (χ3v) is 7.17. The van der Waals surface area contributed by atoms with Crippen molar-refractivity contribution in [3.8, 4) is 11.5 Å². The molecule has 1 saturated heterocycles. The summed E-state index contributed by atoms with van der Waals surface area (Å²) in [6.45, 7) is 1.08. The molecule has 0 amide bonds. The first-order valence-electron chi connectivity index (χ1n) is 8.84. The van der Waals surface area contributed by atoms with Crippen molar-refractivity contribution in [1.29, 1.82) is 0 Å². The molecule has 0 saturated carbocycles. The summed E-state index contributed by atoms with van der Waals surface area (Å²) in [5.74, 6) is 0.242. The first-order valence-corrected chi connectivity index (χ1v) is 11.5. The highest BCUT2D eigenvalue weighted by atomic mass is 35.5. The first kappa shape index (κ1) is 20.1. The summed E-state index contributed by atoms with van der Waals surface area (Å²) in [6.07, 6.45) is 2.80. The van der Waals surface area contributed by atoms with Gasteiger partial charge in [0.05, 0.1) is 4.90 Å². The van der Waals surface area contributed by atoms with E-state index in [1.165, 1.54) is 10.4 Å². The molecule has 1 fully saturated rings. The first-order chi connectivity index (χ1) is 13.9. The number of aromatic nitrogens is 4. The Bertz CT molecular complexity index is 1110. The normalized spacial score (nSPS) is 15.5. The van der Waals surface area contributed by atoms with Crippen LogP contribution in [0.15, 0.2) is 49.9 Å². The fourth-order valence-corrected chi connectivity index (χ4v) is 5.48. The Labute approximate surface area is 176 Å². The minimum absolute atomic E-state index is 0.0374. The Hall–Kier alpha value is -2.21. The lowest BCUT2D eigenvalue weighted by atomic mass is 10.2. The molecule has 1 aliphatic rings. The molecule has 0 unspecified atom stereocenters. The van der Waals surface area contributed by atoms with E-state index in [1.807, 2.05) is 0 Å². The van der Waals surface area contributed by atoms with Gasteiger partial charge in [-0.2, -0.15) is 4.31 Å². The number of rotatable bonds is 5. The summed E-state index contributed by atoms with van der Waals surface area (Å²) in [4.78, 5) is 8.04. The molecule has 3 heterocycles. The van der Waals surface area contributed by atoms with Crippen LogP contribution in [-0.4, -0.2) is 46.0 Å². The predicted octanol–water partition coefficient (Wildman–Crippen LogP) is 3.09. The van der Waals surface area contributed by atoms with E-state index >= 15 is 0 Å². The van der Waals surface area contributed by atoms with Crippen molar-refractivity contribution in [3.05, 3.63) is 35.5 Å². The van der Waals surface area contributed by atoms with E-state index in [4.69, 9.17) is 21.8 Å². The average Bonchev–Trinajstić information content (AvgIpc) is 3.16. The zero-order chi connectivity index (χ0) is 20.4. The van der Waals surface area contributed by atoms with Crippen LogP contribution in [-0.2, 0) is 10.0 Å². The maximum Gasteiger partial charge on any atom is 0.283 e. The second-order valence-electron chi connectivity index (χ2n) is 6.35. The van der Waals surface area contributed by atoms with Crippen LogP contribution in [0.25, 0.3) is 11.5 Å². The van der Waals surface area contributed by atoms with E-state index in [-0.39, 0.29) is 27.1 Å². The highest BCUT2D eigenvalue weighted by Gasteiger charge is 2.26. The van der Waals surface area contributed by atoms with Crippen molar-refractivity contribution in [1.82, 2.24) is 24.5 Å². The summed E-state index contributed by atoms with van der Waals surface area (Å²) in [5, 5.41) is 8.86. The summed E-state index contributed by atoms with van der Waals surface area (Å²) in [5.41, 5.74) is 6.10. The van der Waals surface area contributed by atoms with Gasteiger partial charge in [0, 0.05) is 24.7 Å². The van der Waals surface area contributed by atoms with Gasteiger partial charge in [-0.15, -0.1) is 10.2 Å². The van der Waals surface area contributed by atoms with Crippen LogP contribution < -0.4 is 5.73 Å². The lowest BCUT2D eigenvalue weighted by Crippen LogP contribution is -2.35. The molecule has 1 aromatic carbocycles. The number of nitrogen functional groups attached to an aromatic ring is 1. The average molecular weight is 453 g/mol. The van der Waals surface area contributed by atoms with Crippen molar-refractivity contribution in [2.45, 2.75) is 34.4 Å². The van der Waals surface area contributed by atoms with Crippen molar-refractivity contribution in [3.63, 3.8) is 0 Å². The summed E-state index contributed by atoms with van der Waals surface area (Å²) in [7, 11) is -3.55. The van der Waals surface area contributed by atoms with Gasteiger partial charge in [-0.3, -0.25) is 0 Å². The van der Waals surface area contributed by atoms with Gasteiger partial charge in [-0.05, 0) is 42.8 Å². The molecule has 2 aromatic heterocycles. The number of sulfonamides is 1. The molecular weight excluding hydrogens is 436 g/mol. The second-order valence-corrected chi connectivity index (χ2v) is 9.65. The number of nitrogens with zero attached hydrogens (tertiary/aromatic N) is 5. The lowest BCUT2D eigenvalue weighted by Gasteiger charge is -2.25. The number of piperidine rings is 1. The van der Waals surface area contributed by atoms with Gasteiger partial charge in [0.2, 0.25) is 21.9 Å². The van der Waals surface area contributed by atoms with Crippen LogP contribution in [0.4, 0.5) is 5.95 Å². The van der Waals surface area contributed by atoms with Crippen LogP contribution in [0.5, 0.6) is 0 Å². The molecule has 0 aliphatic carbocycles. The fourth-order valence-electron chi connectivity index (χ4n) is 2.97. The van der Waals surface area contributed by atoms with Crippen molar-refractivity contribution in [2.75, 3.05) is 18.8 Å². The molecule has 9 nitrogen and oxygen atoms in total. The molecule has 29 heavy (non-hydrogen) atoms. The number of nitrogens with two attached hydrogens (primary N) is 1. The van der Waals surface area contributed by atoms with Crippen LogP contribution in [0, 0.1) is 0 Å². The largest absolute Gasteiger partial charge is 0.411 e. The molecule has 1 aliphatic heterocycles. The molecule has 0 spiro atoms. The SMILES string of the molecule is Nc1nc(Cl)cc(Sc2nnc(-c3cccc(S(=O)(=O)N4CCCCC4)c3)o2)n1. The van der Waals surface area contributed by atoms with E-state index < -0.39 is 10.0 Å². The minimum Gasteiger partial charge on any atom is -0.411 e. The Balaban J connectivity index is 1.57. The third kappa shape index (κ3) is 4.53. The molecule has 0 atom stereocenters. The van der Waals surface area contributed by atoms with E-state index in [0.717, 1.165) is 31.0 Å². The fraction of sp³-hybridized carbons (Fsp3) is 0.294. The van der Waals surface area contributed by atoms with Crippen LogP contribution in [0.3, 0.4) is 0 Å². The number of halogens is 1. The Morgan fingerprint density at radius 1 is 1.10 bits per heavy atom. The number of benzene rings is 1. The van der Waals surface area contributed by atoms with Gasteiger partial charge in [-0.1, -0.05) is 24.1 Å². The quantitative estimate of drug-likeness (QED) is 0.580. The second kappa shape index (κ2) is 8.27. The number of anilines is 1. The standard InChI is InChI=1S/C17H17ClN6O3S2/c18-13-10-14(21-16(19)20-13)28-17-23-22-15(27-17)11-5-4-6-12(9-11)29(25,26)24-7-2-1-3-8-24/h4-6,9-10H,1-3,7-8H2,(H2,19,20,21). The van der Waals surface area contributed by atoms with Gasteiger partial charge < -0.3 is 10.2 Å². The van der Waals surface area contributed by atoms with E-state index in [0.29, 0.717) is 23.7 Å². The van der Waals surface area contributed by atoms with Gasteiger partial charge in [-0.25, -0.2) is 18.4 Å². The predicted molar refractivity (Wildman–Crippen MR) is 108 cm³/mol. The maximum absolute atomic E-state index is 12.9. The van der Waals surface area contributed by atoms with Gasteiger partial charge >= 0.3 is 0 Å². The summed E-state index contributed by atoms with van der Waals surface area (Å²) < 4.78 is 33.0. The molecular formula is C17H17ClN6O3S2. The monoisotopic (exact) mass is 452 g/mol. The zero-order valence-corrected chi connectivity index (χ0v) is 17.5. The molecule has 0 radical (unpaired) electrons. The Morgan fingerprint density at radius 3 is 2.66 bits per heavy atom. The van der Waals surface area contributed by atoms with Crippen molar-refractivity contribution in [2.24, 2.45) is 0 Å². The van der Waals surface area contributed by atoms with Crippen LogP contribution in [0.2, 0.25) is 5.15 Å². The van der Waals surface area contributed by atoms with Gasteiger partial charge in [0.25, 0.3) is 5.22 Å². The van der Waals surface area contributed by atoms with Gasteiger partial charge in [0.15, 0.2) is 0 Å². The summed E-state index contributed by atoms with van der Waals surface area (Å²) in [6, 6.07) is 8.03. The minimum atomic E-state index is -3.55. The zero-order valence-electron chi connectivity index (χ0n) is 15.2. The Kier molecular flexibility index (Phi) is 5.72. The molecule has 3 aromatic rings. The van der Waals surface area contributed by atoms with Crippen LogP contribution in [0.1, 0.15) is 19.3 Å². The molecule has 2 N–H and O–H groups in total. The van der Waals surface area contributed by atoms with Crippen molar-refractivity contribution >= 4 is 39.3 Å². The summed E-state index contributed by atoms with van der Waals surface area (Å²) >= 11 is 6.95. The highest BCUT2D eigenvalue weighted by molar-refractivity contribution is 7.99. The van der Waals surface area contributed by atoms with Crippen LogP contribution >= 0.6 is 23.4 Å². The van der Waals surface area contributed by atoms with Crippen molar-refractivity contribution < 1.29 is 12.8 Å². The molecule has 4 rings (SSSR count). The highest BCUT2D eigenvalue weighted by Crippen LogP contribution is 2.30. The van der Waals surface area contributed by atoms with E-state index in [1.54, 1.807) is 24.3 Å². The smallest absolute Gasteiger partial charge is 0.283 e. The topological polar surface area (TPSA) is 128 Å². The molecule has 12 heteroatoms. The van der Waals surface area contributed by atoms with E-state index in [2.05, 4.69) is 20.2 Å². The lowest BCUT2D eigenvalue weighted by molar-refractivity contribution is 0.346. The number of hydrogen-bond acceptors (Lipinski definition) is 9. The Morgan fingerprint density at radius 2 is 1.90 bits per heavy atom. The third-order valence-electron chi connectivity index (χ3n) is 4.32. The van der Waals surface area contributed by atoms with Gasteiger partial charge in [0.1, 0.15) is 10.2 Å². The number of hydrogen-bond donors (Lipinski definition) is 1. The van der Waals surface area contributed by atoms with E-state index in [9.17, 15) is 8.42 Å². The molecule has 0 bridgehead atoms. The maximum atomic E-state index is 12.9. The molecule has 152 valence electrons.